The number of alkyl carbamates (subject to hydrolysis) is 1. The molecule has 4 heterocycles. The van der Waals surface area contributed by atoms with E-state index in [2.05, 4.69) is 25.6 Å². The van der Waals surface area contributed by atoms with Gasteiger partial charge in [0.25, 0.3) is 11.8 Å². The summed E-state index contributed by atoms with van der Waals surface area (Å²) in [6, 6.07) is 6.77. The normalized spacial score (nSPS) is 10.6. The van der Waals surface area contributed by atoms with Crippen LogP contribution in [0.3, 0.4) is 0 Å². The summed E-state index contributed by atoms with van der Waals surface area (Å²) in [7, 11) is 0. The molecule has 11 heteroatoms. The molecule has 0 bridgehead atoms. The molecule has 0 saturated heterocycles. The van der Waals surface area contributed by atoms with Crippen molar-refractivity contribution in [1.82, 2.24) is 20.3 Å². The van der Waals surface area contributed by atoms with Gasteiger partial charge in [-0.3, -0.25) is 24.9 Å². The van der Waals surface area contributed by atoms with E-state index in [1.165, 1.54) is 17.4 Å². The van der Waals surface area contributed by atoms with Crippen molar-refractivity contribution >= 4 is 55.8 Å². The summed E-state index contributed by atoms with van der Waals surface area (Å²) >= 11 is 2.38. The van der Waals surface area contributed by atoms with Gasteiger partial charge in [-0.15, -0.1) is 22.7 Å². The number of rotatable bonds is 5. The maximum absolute atomic E-state index is 12.6. The molecule has 2 N–H and O–H groups in total. The number of fused-ring (bicyclic) bond motifs is 1. The highest BCUT2D eigenvalue weighted by Crippen LogP contribution is 2.26. The molecule has 3 amide bonds. The number of aromatic nitrogens is 3. The van der Waals surface area contributed by atoms with Crippen LogP contribution in [-0.4, -0.2) is 32.9 Å². The first-order chi connectivity index (χ1) is 15.0. The molecule has 4 aromatic heterocycles. The summed E-state index contributed by atoms with van der Waals surface area (Å²) in [5, 5.41) is 7.02. The number of anilines is 1. The number of aryl methyl sites for hydroxylation is 1. The SMILES string of the molecule is Cc1cc(COC(=O)NC(=O)c2ccsc2NC(=O)c2nc3cnccc3s2)ccn1. The highest BCUT2D eigenvalue weighted by Gasteiger charge is 2.20. The second-order valence-electron chi connectivity index (χ2n) is 6.32. The van der Waals surface area contributed by atoms with E-state index in [4.69, 9.17) is 4.74 Å². The number of hydrogen-bond donors (Lipinski definition) is 2. The molecule has 0 unspecified atom stereocenters. The molecule has 0 aliphatic rings. The lowest BCUT2D eigenvalue weighted by Crippen LogP contribution is -2.31. The zero-order valence-electron chi connectivity index (χ0n) is 16.1. The fraction of sp³-hybridized carbons (Fsp3) is 0.100. The van der Waals surface area contributed by atoms with Gasteiger partial charge in [0.1, 0.15) is 17.1 Å². The van der Waals surface area contributed by atoms with Crippen LogP contribution in [0, 0.1) is 6.92 Å². The van der Waals surface area contributed by atoms with Crippen molar-refractivity contribution in [3.05, 3.63) is 70.1 Å². The van der Waals surface area contributed by atoms with E-state index in [1.54, 1.807) is 42.2 Å². The first-order valence-corrected chi connectivity index (χ1v) is 10.7. The number of thiophene rings is 1. The predicted octanol–water partition coefficient (Wildman–Crippen LogP) is 3.78. The molecule has 0 aromatic carbocycles. The lowest BCUT2D eigenvalue weighted by Gasteiger charge is -2.07. The van der Waals surface area contributed by atoms with Crippen LogP contribution in [0.1, 0.15) is 31.4 Å². The number of imide groups is 1. The zero-order chi connectivity index (χ0) is 21.8. The molecule has 0 aliphatic heterocycles. The van der Waals surface area contributed by atoms with Gasteiger partial charge in [0, 0.05) is 18.1 Å². The van der Waals surface area contributed by atoms with E-state index in [1.807, 2.05) is 6.92 Å². The minimum atomic E-state index is -0.887. The Labute approximate surface area is 184 Å². The molecule has 4 rings (SSSR count). The number of nitrogens with one attached hydrogen (secondary N) is 2. The van der Waals surface area contributed by atoms with Gasteiger partial charge in [0.05, 0.1) is 16.5 Å². The summed E-state index contributed by atoms with van der Waals surface area (Å²) in [6.45, 7) is 1.83. The van der Waals surface area contributed by atoms with E-state index in [0.717, 1.165) is 27.3 Å². The third kappa shape index (κ3) is 4.90. The Morgan fingerprint density at radius 3 is 2.81 bits per heavy atom. The highest BCUT2D eigenvalue weighted by molar-refractivity contribution is 7.20. The Balaban J connectivity index is 1.38. The Hall–Kier alpha value is -3.70. The number of carbonyl (C=O) groups is 3. The summed E-state index contributed by atoms with van der Waals surface area (Å²) in [4.78, 5) is 49.3. The second-order valence-corrected chi connectivity index (χ2v) is 8.26. The van der Waals surface area contributed by atoms with Crippen molar-refractivity contribution in [2.75, 3.05) is 5.32 Å². The number of pyridine rings is 2. The number of amides is 3. The number of nitrogens with zero attached hydrogens (tertiary/aromatic N) is 3. The molecule has 0 spiro atoms. The molecule has 156 valence electrons. The number of hydrogen-bond acceptors (Lipinski definition) is 9. The molecule has 0 radical (unpaired) electrons. The van der Waals surface area contributed by atoms with E-state index in [0.29, 0.717) is 10.5 Å². The van der Waals surface area contributed by atoms with Gasteiger partial charge in [-0.05, 0) is 42.1 Å². The van der Waals surface area contributed by atoms with Crippen LogP contribution in [-0.2, 0) is 11.3 Å². The van der Waals surface area contributed by atoms with Crippen molar-refractivity contribution in [1.29, 1.82) is 0 Å². The first-order valence-electron chi connectivity index (χ1n) is 8.98. The fourth-order valence-electron chi connectivity index (χ4n) is 2.66. The fourth-order valence-corrected chi connectivity index (χ4v) is 4.26. The van der Waals surface area contributed by atoms with Gasteiger partial charge in [-0.25, -0.2) is 9.78 Å². The summed E-state index contributed by atoms with van der Waals surface area (Å²) in [6.07, 6.45) is 3.92. The predicted molar refractivity (Wildman–Crippen MR) is 116 cm³/mol. The maximum atomic E-state index is 12.6. The molecule has 0 saturated carbocycles. The Bertz CT molecular complexity index is 1250. The minimum absolute atomic E-state index is 0.00215. The van der Waals surface area contributed by atoms with E-state index < -0.39 is 17.9 Å². The molecular weight excluding hydrogens is 438 g/mol. The van der Waals surface area contributed by atoms with Crippen LogP contribution in [0.15, 0.2) is 48.2 Å². The van der Waals surface area contributed by atoms with Crippen LogP contribution in [0.2, 0.25) is 0 Å². The number of carbonyl (C=O) groups excluding carboxylic acids is 3. The first kappa shape index (κ1) is 20.6. The van der Waals surface area contributed by atoms with E-state index >= 15 is 0 Å². The summed E-state index contributed by atoms with van der Waals surface area (Å²) in [5.74, 6) is -1.13. The molecular formula is C20H15N5O4S2. The monoisotopic (exact) mass is 453 g/mol. The average Bonchev–Trinajstić information content (AvgIpc) is 3.39. The summed E-state index contributed by atoms with van der Waals surface area (Å²) < 4.78 is 5.91. The van der Waals surface area contributed by atoms with Crippen LogP contribution >= 0.6 is 22.7 Å². The van der Waals surface area contributed by atoms with Crippen LogP contribution in [0.25, 0.3) is 10.2 Å². The second kappa shape index (κ2) is 8.98. The van der Waals surface area contributed by atoms with Crippen molar-refractivity contribution in [3.63, 3.8) is 0 Å². The molecule has 4 aromatic rings. The number of ether oxygens (including phenoxy) is 1. The van der Waals surface area contributed by atoms with E-state index in [-0.39, 0.29) is 17.2 Å². The number of thiazole rings is 1. The standard InChI is InChI=1S/C20H15N5O4S2/c1-11-8-12(2-6-22-11)10-29-20(28)25-16(26)13-4-7-30-18(13)24-17(27)19-23-14-9-21-5-3-15(14)31-19/h2-9H,10H2,1H3,(H,24,27)(H,25,26,28). The quantitative estimate of drug-likeness (QED) is 0.471. The lowest BCUT2D eigenvalue weighted by molar-refractivity contribution is 0.0913. The lowest BCUT2D eigenvalue weighted by atomic mass is 10.2. The van der Waals surface area contributed by atoms with Crippen molar-refractivity contribution in [2.45, 2.75) is 13.5 Å². The van der Waals surface area contributed by atoms with E-state index in [9.17, 15) is 14.4 Å². The Morgan fingerprint density at radius 2 is 2.00 bits per heavy atom. The summed E-state index contributed by atoms with van der Waals surface area (Å²) in [5.41, 5.74) is 2.32. The van der Waals surface area contributed by atoms with Gasteiger partial charge < -0.3 is 10.1 Å². The molecule has 9 nitrogen and oxygen atoms in total. The van der Waals surface area contributed by atoms with Crippen LogP contribution in [0.5, 0.6) is 0 Å². The minimum Gasteiger partial charge on any atom is -0.444 e. The smallest absolute Gasteiger partial charge is 0.414 e. The molecule has 31 heavy (non-hydrogen) atoms. The van der Waals surface area contributed by atoms with Gasteiger partial charge in [-0.1, -0.05) is 0 Å². The Kier molecular flexibility index (Phi) is 5.96. The molecule has 0 atom stereocenters. The van der Waals surface area contributed by atoms with Crippen molar-refractivity contribution in [2.24, 2.45) is 0 Å². The van der Waals surface area contributed by atoms with Gasteiger partial charge in [0.15, 0.2) is 5.01 Å². The zero-order valence-corrected chi connectivity index (χ0v) is 17.8. The van der Waals surface area contributed by atoms with Crippen molar-refractivity contribution < 1.29 is 19.1 Å². The Morgan fingerprint density at radius 1 is 1.13 bits per heavy atom. The molecule has 0 fully saturated rings. The van der Waals surface area contributed by atoms with Crippen LogP contribution in [0.4, 0.5) is 9.80 Å². The molecule has 0 aliphatic carbocycles. The largest absolute Gasteiger partial charge is 0.444 e. The maximum Gasteiger partial charge on any atom is 0.414 e. The van der Waals surface area contributed by atoms with Crippen molar-refractivity contribution in [3.8, 4) is 0 Å². The van der Waals surface area contributed by atoms with Gasteiger partial charge >= 0.3 is 6.09 Å². The topological polar surface area (TPSA) is 123 Å². The van der Waals surface area contributed by atoms with Crippen LogP contribution < -0.4 is 10.6 Å². The van der Waals surface area contributed by atoms with Gasteiger partial charge in [-0.2, -0.15) is 0 Å². The third-order valence-electron chi connectivity index (χ3n) is 4.07. The third-order valence-corrected chi connectivity index (χ3v) is 5.93. The average molecular weight is 454 g/mol. The van der Waals surface area contributed by atoms with Gasteiger partial charge in [0.2, 0.25) is 0 Å². The highest BCUT2D eigenvalue weighted by atomic mass is 32.1.